The van der Waals surface area contributed by atoms with E-state index in [-0.39, 0.29) is 49.5 Å². The normalized spacial score (nSPS) is 16.1. The van der Waals surface area contributed by atoms with Crippen LogP contribution in [-0.4, -0.2) is 19.6 Å². The fourth-order valence-corrected chi connectivity index (χ4v) is 10.0. The SMILES string of the molecule is [2H]C([2H])(c1ccc(-c2ccnc(-c3[c-]c(-c4cccc5c4nc(-c4cc(C(C)(C)C)ccc4O)n5-c4ccc(C([2H])([2H])C5CCCC5)cc4-c4ccccc4)cc(C(C)(C)C)c3)c2)cc1)C1CCCC1.[Pt]. The van der Waals surface area contributed by atoms with Crippen molar-refractivity contribution in [2.75, 3.05) is 0 Å². The number of phenols is 1. The summed E-state index contributed by atoms with van der Waals surface area (Å²) in [6.45, 7) is 13.2. The molecule has 8 aromatic rings. The Hall–Kier alpha value is -5.57. The molecule has 2 aromatic heterocycles. The molecule has 67 heavy (non-hydrogen) atoms. The van der Waals surface area contributed by atoms with Gasteiger partial charge in [0, 0.05) is 44.0 Å². The number of phenolic OH excluding ortho intramolecular Hbond substituents is 1. The molecule has 2 saturated carbocycles. The van der Waals surface area contributed by atoms with Crippen LogP contribution in [0.4, 0.5) is 0 Å². The maximum Gasteiger partial charge on any atom is 0.148 e. The average Bonchev–Trinajstić information content (AvgIpc) is 4.17. The van der Waals surface area contributed by atoms with Gasteiger partial charge in [0.15, 0.2) is 0 Å². The first kappa shape index (κ1) is 41.6. The maximum atomic E-state index is 11.8. The van der Waals surface area contributed by atoms with E-state index in [9.17, 15) is 7.85 Å². The van der Waals surface area contributed by atoms with E-state index in [0.29, 0.717) is 17.0 Å². The van der Waals surface area contributed by atoms with Crippen LogP contribution >= 0.6 is 0 Å². The quantitative estimate of drug-likeness (QED) is 0.139. The largest absolute Gasteiger partial charge is 0.507 e. The van der Waals surface area contributed by atoms with E-state index in [1.807, 2.05) is 72.9 Å². The molecule has 0 aliphatic heterocycles. The van der Waals surface area contributed by atoms with E-state index in [4.69, 9.17) is 12.7 Å². The number of benzene rings is 6. The Morgan fingerprint density at radius 1 is 0.597 bits per heavy atom. The molecule has 344 valence electrons. The molecule has 2 aliphatic rings. The average molecular weight is 1070 g/mol. The molecule has 4 nitrogen and oxygen atoms in total. The van der Waals surface area contributed by atoms with Gasteiger partial charge in [-0.3, -0.25) is 9.55 Å². The second-order valence-corrected chi connectivity index (χ2v) is 20.7. The summed E-state index contributed by atoms with van der Waals surface area (Å²) in [5, 5.41) is 11.8. The minimum atomic E-state index is -1.50. The molecule has 0 saturated heterocycles. The second kappa shape index (κ2) is 19.2. The Morgan fingerprint density at radius 2 is 1.25 bits per heavy atom. The summed E-state index contributed by atoms with van der Waals surface area (Å²) in [5.74, 6) is 0.722. The Labute approximate surface area is 418 Å². The molecule has 0 amide bonds. The number of rotatable bonds is 10. The molecule has 0 radical (unpaired) electrons. The van der Waals surface area contributed by atoms with Crippen LogP contribution in [0.5, 0.6) is 5.75 Å². The number of fused-ring (bicyclic) bond motifs is 1. The number of aromatic hydroxyl groups is 1. The van der Waals surface area contributed by atoms with Crippen molar-refractivity contribution < 1.29 is 31.7 Å². The molecule has 6 aromatic carbocycles. The molecule has 2 fully saturated rings. The molecule has 10 rings (SSSR count). The zero-order valence-electron chi connectivity index (χ0n) is 43.7. The first-order chi connectivity index (χ1) is 33.4. The van der Waals surface area contributed by atoms with Gasteiger partial charge in [0.1, 0.15) is 11.6 Å². The van der Waals surface area contributed by atoms with Crippen molar-refractivity contribution in [1.82, 2.24) is 14.5 Å². The molecule has 0 atom stereocenters. The first-order valence-electron chi connectivity index (χ1n) is 26.1. The fourth-order valence-electron chi connectivity index (χ4n) is 10.0. The van der Waals surface area contributed by atoms with Gasteiger partial charge < -0.3 is 5.11 Å². The molecular weight excluding hydrogens is 998 g/mol. The van der Waals surface area contributed by atoms with Crippen LogP contribution in [0.15, 0.2) is 140 Å². The smallest absolute Gasteiger partial charge is 0.148 e. The zero-order chi connectivity index (χ0) is 49.2. The van der Waals surface area contributed by atoms with Gasteiger partial charge in [0.2, 0.25) is 0 Å². The van der Waals surface area contributed by atoms with Gasteiger partial charge in [-0.05, 0) is 105 Å². The van der Waals surface area contributed by atoms with Crippen molar-refractivity contribution in [3.05, 3.63) is 168 Å². The first-order valence-corrected chi connectivity index (χ1v) is 24.1. The summed E-state index contributed by atoms with van der Waals surface area (Å²) >= 11 is 0. The number of nitrogens with zero attached hydrogens (tertiary/aromatic N) is 3. The molecule has 5 heteroatoms. The Balaban J connectivity index is 0.00000624. The van der Waals surface area contributed by atoms with Gasteiger partial charge in [0.25, 0.3) is 0 Å². The van der Waals surface area contributed by atoms with E-state index in [1.54, 1.807) is 6.07 Å². The third-order valence-electron chi connectivity index (χ3n) is 13.8. The molecule has 1 N–H and O–H groups in total. The van der Waals surface area contributed by atoms with Gasteiger partial charge in [-0.2, -0.15) is 0 Å². The van der Waals surface area contributed by atoms with Crippen molar-refractivity contribution in [3.63, 3.8) is 0 Å². The molecule has 0 spiro atoms. The van der Waals surface area contributed by atoms with Crippen LogP contribution in [0.25, 0.3) is 72.7 Å². The van der Waals surface area contributed by atoms with Crippen molar-refractivity contribution in [1.29, 1.82) is 0 Å². The standard InChI is InChI=1S/C62H64N3O.Pt/c1-61(2,3)50-28-30-58(66)54(40-50)60-64-59-52(21-14-22-57(59)65(60)56-29-25-44(34-42-17-12-13-18-42)35-53(56)46-19-8-7-9-20-46)48-36-49(38-51(37-48)62(4,5)6)55-39-47(31-32-63-55)45-26-23-43(24-27-45)33-41-15-10-11-16-41;/h7-9,14,19-32,35,37-42,66H,10-13,15-18,33-34H2,1-6H3;/q-1;/i33D2,34D2;. The minimum absolute atomic E-state index is 0. The number of hydrogen-bond donors (Lipinski definition) is 1. The maximum absolute atomic E-state index is 11.8. The van der Waals surface area contributed by atoms with E-state index in [1.165, 1.54) is 0 Å². The van der Waals surface area contributed by atoms with Crippen LogP contribution in [0.1, 0.15) is 121 Å². The van der Waals surface area contributed by atoms with Crippen molar-refractivity contribution >= 4 is 11.0 Å². The second-order valence-electron chi connectivity index (χ2n) is 20.7. The van der Waals surface area contributed by atoms with Crippen LogP contribution in [0.3, 0.4) is 0 Å². The number of aromatic nitrogens is 3. The summed E-state index contributed by atoms with van der Waals surface area (Å²) in [6.07, 6.45) is 6.92. The van der Waals surface area contributed by atoms with Crippen LogP contribution < -0.4 is 0 Å². The number of para-hydroxylation sites is 1. The molecule has 0 unspecified atom stereocenters. The van der Waals surface area contributed by atoms with Crippen LogP contribution in [0, 0.1) is 17.9 Å². The number of pyridine rings is 1. The van der Waals surface area contributed by atoms with Gasteiger partial charge in [0.05, 0.1) is 22.3 Å². The Morgan fingerprint density at radius 3 is 1.94 bits per heavy atom. The summed E-state index contributed by atoms with van der Waals surface area (Å²) < 4.78 is 39.0. The molecule has 2 aliphatic carbocycles. The van der Waals surface area contributed by atoms with E-state index < -0.39 is 12.7 Å². The van der Waals surface area contributed by atoms with Crippen molar-refractivity contribution in [2.24, 2.45) is 11.8 Å². The van der Waals surface area contributed by atoms with Crippen LogP contribution in [-0.2, 0) is 44.6 Å². The molecular formula is C62H64N3OPt-. The Bertz CT molecular complexity index is 3210. The van der Waals surface area contributed by atoms with Gasteiger partial charge in [-0.25, -0.2) is 4.98 Å². The summed E-state index contributed by atoms with van der Waals surface area (Å²) in [4.78, 5) is 10.5. The van der Waals surface area contributed by atoms with Gasteiger partial charge in [-0.1, -0.05) is 189 Å². The third kappa shape index (κ3) is 9.89. The summed E-state index contributed by atoms with van der Waals surface area (Å²) in [6, 6.07) is 48.6. The number of imidazole rings is 1. The van der Waals surface area contributed by atoms with Gasteiger partial charge in [-0.15, -0.1) is 29.3 Å². The van der Waals surface area contributed by atoms with Crippen LogP contribution in [0.2, 0.25) is 0 Å². The fraction of sp³-hybridized carbons (Fsp3) is 0.323. The van der Waals surface area contributed by atoms with E-state index in [0.717, 1.165) is 129 Å². The van der Waals surface area contributed by atoms with E-state index >= 15 is 0 Å². The molecule has 2 heterocycles. The zero-order valence-corrected chi connectivity index (χ0v) is 42.0. The Kier molecular flexibility index (Phi) is 11.9. The number of hydrogen-bond acceptors (Lipinski definition) is 3. The minimum Gasteiger partial charge on any atom is -0.507 e. The predicted molar refractivity (Wildman–Crippen MR) is 275 cm³/mol. The van der Waals surface area contributed by atoms with Crippen molar-refractivity contribution in [3.8, 4) is 67.5 Å². The van der Waals surface area contributed by atoms with Gasteiger partial charge >= 0.3 is 0 Å². The molecule has 0 bridgehead atoms. The monoisotopic (exact) mass is 1070 g/mol. The van der Waals surface area contributed by atoms with Crippen molar-refractivity contribution in [2.45, 2.75) is 116 Å². The summed E-state index contributed by atoms with van der Waals surface area (Å²) in [7, 11) is 0. The topological polar surface area (TPSA) is 50.9 Å². The third-order valence-corrected chi connectivity index (χ3v) is 13.8. The summed E-state index contributed by atoms with van der Waals surface area (Å²) in [5.41, 5.74) is 13.4. The predicted octanol–water partition coefficient (Wildman–Crippen LogP) is 16.3. The van der Waals surface area contributed by atoms with E-state index in [2.05, 4.69) is 113 Å².